The number of piperidine rings is 1. The Morgan fingerprint density at radius 2 is 1.85 bits per heavy atom. The Bertz CT molecular complexity index is 825. The SMILES string of the molecule is Fc1ccc(-c2[nH]ncc2CN2CCC(Nc3ncccn3)CC2)cc1. The second-order valence-electron chi connectivity index (χ2n) is 6.54. The lowest BCUT2D eigenvalue weighted by Crippen LogP contribution is -2.39. The van der Waals surface area contributed by atoms with Crippen LogP contribution in [0, 0.1) is 5.82 Å². The molecule has 1 aliphatic heterocycles. The number of benzene rings is 1. The van der Waals surface area contributed by atoms with Gasteiger partial charge in [-0.05, 0) is 43.2 Å². The van der Waals surface area contributed by atoms with Gasteiger partial charge in [0.1, 0.15) is 5.82 Å². The zero-order chi connectivity index (χ0) is 17.8. The van der Waals surface area contributed by atoms with Gasteiger partial charge in [0.25, 0.3) is 0 Å². The molecule has 7 heteroatoms. The van der Waals surface area contributed by atoms with Gasteiger partial charge >= 0.3 is 0 Å². The fourth-order valence-corrected chi connectivity index (χ4v) is 3.33. The summed E-state index contributed by atoms with van der Waals surface area (Å²) in [5, 5.41) is 10.6. The highest BCUT2D eigenvalue weighted by Crippen LogP contribution is 2.24. The number of anilines is 1. The standard InChI is InChI=1S/C19H21FN6/c20-16-4-2-14(3-5-16)18-15(12-23-25-18)13-26-10-6-17(7-11-26)24-19-21-8-1-9-22-19/h1-5,8-9,12,17H,6-7,10-11,13H2,(H,23,25)(H,21,22,24). The first-order valence-corrected chi connectivity index (χ1v) is 8.82. The monoisotopic (exact) mass is 352 g/mol. The molecule has 3 aromatic rings. The zero-order valence-corrected chi connectivity index (χ0v) is 14.4. The van der Waals surface area contributed by atoms with Crippen LogP contribution in [0.1, 0.15) is 18.4 Å². The molecule has 0 spiro atoms. The van der Waals surface area contributed by atoms with Gasteiger partial charge in [-0.1, -0.05) is 0 Å². The molecular formula is C19H21FN6. The molecule has 1 fully saturated rings. The van der Waals surface area contributed by atoms with Crippen LogP contribution in [0.3, 0.4) is 0 Å². The molecule has 0 aliphatic carbocycles. The average molecular weight is 352 g/mol. The van der Waals surface area contributed by atoms with E-state index in [1.54, 1.807) is 24.5 Å². The van der Waals surface area contributed by atoms with E-state index in [2.05, 4.69) is 30.4 Å². The molecular weight excluding hydrogens is 331 g/mol. The van der Waals surface area contributed by atoms with Crippen molar-refractivity contribution in [2.75, 3.05) is 18.4 Å². The summed E-state index contributed by atoms with van der Waals surface area (Å²) in [6.45, 7) is 2.83. The minimum Gasteiger partial charge on any atom is -0.351 e. The highest BCUT2D eigenvalue weighted by Gasteiger charge is 2.21. The van der Waals surface area contributed by atoms with Crippen molar-refractivity contribution in [3.8, 4) is 11.3 Å². The van der Waals surface area contributed by atoms with E-state index in [1.165, 1.54) is 12.1 Å². The van der Waals surface area contributed by atoms with E-state index in [-0.39, 0.29) is 5.82 Å². The summed E-state index contributed by atoms with van der Waals surface area (Å²) in [6, 6.07) is 8.72. The Kier molecular flexibility index (Phi) is 4.88. The van der Waals surface area contributed by atoms with Gasteiger partial charge in [-0.25, -0.2) is 14.4 Å². The van der Waals surface area contributed by atoms with Crippen LogP contribution < -0.4 is 5.32 Å². The highest BCUT2D eigenvalue weighted by atomic mass is 19.1. The summed E-state index contributed by atoms with van der Waals surface area (Å²) in [7, 11) is 0. The van der Waals surface area contributed by atoms with E-state index < -0.39 is 0 Å². The quantitative estimate of drug-likeness (QED) is 0.738. The molecule has 0 unspecified atom stereocenters. The number of rotatable bonds is 5. The lowest BCUT2D eigenvalue weighted by Gasteiger charge is -2.32. The first-order valence-electron chi connectivity index (χ1n) is 8.82. The van der Waals surface area contributed by atoms with E-state index in [0.29, 0.717) is 12.0 Å². The van der Waals surface area contributed by atoms with Crippen LogP contribution in [0.5, 0.6) is 0 Å². The first-order chi connectivity index (χ1) is 12.8. The van der Waals surface area contributed by atoms with E-state index in [1.807, 2.05) is 12.3 Å². The van der Waals surface area contributed by atoms with E-state index in [4.69, 9.17) is 0 Å². The van der Waals surface area contributed by atoms with Gasteiger partial charge in [0.15, 0.2) is 0 Å². The Balaban J connectivity index is 1.35. The third-order valence-electron chi connectivity index (χ3n) is 4.73. The zero-order valence-electron chi connectivity index (χ0n) is 14.4. The summed E-state index contributed by atoms with van der Waals surface area (Å²) in [5.41, 5.74) is 3.05. The second kappa shape index (κ2) is 7.61. The molecule has 0 atom stereocenters. The molecule has 0 saturated carbocycles. The first kappa shape index (κ1) is 16.7. The van der Waals surface area contributed by atoms with Gasteiger partial charge in [0.2, 0.25) is 5.95 Å². The number of hydrogen-bond acceptors (Lipinski definition) is 5. The van der Waals surface area contributed by atoms with E-state index in [9.17, 15) is 4.39 Å². The summed E-state index contributed by atoms with van der Waals surface area (Å²) in [4.78, 5) is 10.9. The number of halogens is 1. The van der Waals surface area contributed by atoms with Crippen LogP contribution in [-0.4, -0.2) is 44.2 Å². The molecule has 3 heterocycles. The third-order valence-corrected chi connectivity index (χ3v) is 4.73. The van der Waals surface area contributed by atoms with E-state index >= 15 is 0 Å². The Morgan fingerprint density at radius 3 is 2.58 bits per heavy atom. The molecule has 26 heavy (non-hydrogen) atoms. The lowest BCUT2D eigenvalue weighted by molar-refractivity contribution is 0.211. The van der Waals surface area contributed by atoms with Crippen molar-refractivity contribution in [1.29, 1.82) is 0 Å². The van der Waals surface area contributed by atoms with Crippen molar-refractivity contribution in [2.45, 2.75) is 25.4 Å². The topological polar surface area (TPSA) is 69.7 Å². The number of nitrogens with zero attached hydrogens (tertiary/aromatic N) is 4. The van der Waals surface area contributed by atoms with Gasteiger partial charge in [0.05, 0.1) is 11.9 Å². The summed E-state index contributed by atoms with van der Waals surface area (Å²) in [5.74, 6) is 0.464. The maximum Gasteiger partial charge on any atom is 0.222 e. The van der Waals surface area contributed by atoms with Crippen LogP contribution in [0.4, 0.5) is 10.3 Å². The molecule has 2 N–H and O–H groups in total. The minimum absolute atomic E-state index is 0.230. The average Bonchev–Trinajstić information content (AvgIpc) is 3.13. The molecule has 4 rings (SSSR count). The molecule has 1 aromatic carbocycles. The molecule has 0 bridgehead atoms. The third kappa shape index (κ3) is 3.88. The van der Waals surface area contributed by atoms with Crippen molar-refractivity contribution < 1.29 is 4.39 Å². The number of hydrogen-bond donors (Lipinski definition) is 2. The molecule has 0 amide bonds. The van der Waals surface area contributed by atoms with Gasteiger partial charge in [-0.2, -0.15) is 5.10 Å². The van der Waals surface area contributed by atoms with E-state index in [0.717, 1.165) is 49.3 Å². The maximum atomic E-state index is 13.1. The number of aromatic amines is 1. The Labute approximate surface area is 151 Å². The lowest BCUT2D eigenvalue weighted by atomic mass is 10.0. The molecule has 1 saturated heterocycles. The van der Waals surface area contributed by atoms with Crippen molar-refractivity contribution in [2.24, 2.45) is 0 Å². The predicted octanol–water partition coefficient (Wildman–Crippen LogP) is 3.08. The highest BCUT2D eigenvalue weighted by molar-refractivity contribution is 5.62. The van der Waals surface area contributed by atoms with Gasteiger partial charge in [0, 0.05) is 49.2 Å². The van der Waals surface area contributed by atoms with Gasteiger partial charge < -0.3 is 5.32 Å². The van der Waals surface area contributed by atoms with Gasteiger partial charge in [-0.3, -0.25) is 10.00 Å². The largest absolute Gasteiger partial charge is 0.351 e. The van der Waals surface area contributed by atoms with Crippen molar-refractivity contribution in [1.82, 2.24) is 25.1 Å². The van der Waals surface area contributed by atoms with Crippen LogP contribution >= 0.6 is 0 Å². The predicted molar refractivity (Wildman–Crippen MR) is 97.9 cm³/mol. The normalized spacial score (nSPS) is 15.9. The fraction of sp³-hybridized carbons (Fsp3) is 0.316. The number of likely N-dealkylation sites (tertiary alicyclic amines) is 1. The van der Waals surface area contributed by atoms with Crippen molar-refractivity contribution in [3.05, 3.63) is 60.3 Å². The maximum absolute atomic E-state index is 13.1. The van der Waals surface area contributed by atoms with Crippen LogP contribution in [-0.2, 0) is 6.54 Å². The van der Waals surface area contributed by atoms with Crippen LogP contribution in [0.15, 0.2) is 48.9 Å². The molecule has 2 aromatic heterocycles. The molecule has 134 valence electrons. The summed E-state index contributed by atoms with van der Waals surface area (Å²) < 4.78 is 13.1. The van der Waals surface area contributed by atoms with Crippen LogP contribution in [0.2, 0.25) is 0 Å². The molecule has 0 radical (unpaired) electrons. The molecule has 6 nitrogen and oxygen atoms in total. The Hall–Kier alpha value is -2.80. The fourth-order valence-electron chi connectivity index (χ4n) is 3.33. The molecule has 1 aliphatic rings. The summed E-state index contributed by atoms with van der Waals surface area (Å²) >= 11 is 0. The minimum atomic E-state index is -0.230. The Morgan fingerprint density at radius 1 is 1.12 bits per heavy atom. The smallest absolute Gasteiger partial charge is 0.222 e. The number of aromatic nitrogens is 4. The van der Waals surface area contributed by atoms with Crippen LogP contribution in [0.25, 0.3) is 11.3 Å². The van der Waals surface area contributed by atoms with Crippen molar-refractivity contribution >= 4 is 5.95 Å². The summed E-state index contributed by atoms with van der Waals surface area (Å²) in [6.07, 6.45) is 7.45. The number of H-pyrrole nitrogens is 1. The second-order valence-corrected chi connectivity index (χ2v) is 6.54. The number of nitrogens with one attached hydrogen (secondary N) is 2. The van der Waals surface area contributed by atoms with Gasteiger partial charge in [-0.15, -0.1) is 0 Å². The van der Waals surface area contributed by atoms with Crippen molar-refractivity contribution in [3.63, 3.8) is 0 Å².